The summed E-state index contributed by atoms with van der Waals surface area (Å²) in [4.78, 5) is 15.3. The number of nitrogens with zero attached hydrogens (tertiary/aromatic N) is 2. The second kappa shape index (κ2) is 8.68. The molecule has 0 unspecified atom stereocenters. The lowest BCUT2D eigenvalue weighted by Gasteiger charge is -2.08. The number of H-pyrrole nitrogens is 2. The molecule has 1 aliphatic heterocycles. The zero-order chi connectivity index (χ0) is 24.0. The third kappa shape index (κ3) is 4.38. The topological polar surface area (TPSA) is 69.4 Å². The second-order valence-corrected chi connectivity index (χ2v) is 9.61. The summed E-state index contributed by atoms with van der Waals surface area (Å²) in [6.45, 7) is -0.334. The number of aromatic nitrogens is 4. The fourth-order valence-corrected chi connectivity index (χ4v) is 5.20. The van der Waals surface area contributed by atoms with Crippen LogP contribution in [0.2, 0.25) is 0 Å². The number of imidazole rings is 2. The first-order valence-electron chi connectivity index (χ1n) is 12.1. The van der Waals surface area contributed by atoms with Crippen molar-refractivity contribution < 1.29 is 13.2 Å². The van der Waals surface area contributed by atoms with Gasteiger partial charge in [-0.25, -0.2) is 23.1 Å². The number of aromatic amines is 2. The fourth-order valence-electron chi connectivity index (χ4n) is 5.20. The van der Waals surface area contributed by atoms with E-state index in [1.807, 2.05) is 30.3 Å². The first-order valence-corrected chi connectivity index (χ1v) is 12.1. The molecule has 3 N–H and O–H groups in total. The van der Waals surface area contributed by atoms with Crippen molar-refractivity contribution in [2.75, 3.05) is 6.54 Å². The number of alkyl halides is 2. The van der Waals surface area contributed by atoms with Crippen LogP contribution in [0, 0.1) is 5.82 Å². The van der Waals surface area contributed by atoms with Gasteiger partial charge in [-0.15, -0.1) is 0 Å². The fraction of sp³-hybridized carbons (Fsp3) is 0.333. The van der Waals surface area contributed by atoms with Crippen LogP contribution in [0.25, 0.3) is 33.6 Å². The van der Waals surface area contributed by atoms with E-state index >= 15 is 4.39 Å². The van der Waals surface area contributed by atoms with Crippen LogP contribution < -0.4 is 5.32 Å². The van der Waals surface area contributed by atoms with Crippen molar-refractivity contribution in [1.82, 2.24) is 25.3 Å². The Balaban J connectivity index is 1.18. The van der Waals surface area contributed by atoms with Crippen molar-refractivity contribution in [3.05, 3.63) is 72.3 Å². The molecule has 2 fully saturated rings. The Morgan fingerprint density at radius 2 is 1.46 bits per heavy atom. The number of rotatable bonds is 5. The number of hydrogen-bond acceptors (Lipinski definition) is 3. The molecule has 35 heavy (non-hydrogen) atoms. The zero-order valence-electron chi connectivity index (χ0n) is 19.1. The molecule has 1 atom stereocenters. The van der Waals surface area contributed by atoms with E-state index in [1.165, 1.54) is 12.8 Å². The first kappa shape index (κ1) is 22.1. The Morgan fingerprint density at radius 1 is 0.800 bits per heavy atom. The highest BCUT2D eigenvalue weighted by Gasteiger charge is 2.40. The highest BCUT2D eigenvalue weighted by atomic mass is 19.3. The number of nitrogens with one attached hydrogen (secondary N) is 3. The summed E-state index contributed by atoms with van der Waals surface area (Å²) >= 11 is 0. The van der Waals surface area contributed by atoms with Crippen LogP contribution in [0.5, 0.6) is 0 Å². The van der Waals surface area contributed by atoms with Gasteiger partial charge in [0.15, 0.2) is 0 Å². The lowest BCUT2D eigenvalue weighted by atomic mass is 10.0. The second-order valence-electron chi connectivity index (χ2n) is 9.61. The van der Waals surface area contributed by atoms with E-state index in [0.29, 0.717) is 23.0 Å². The minimum absolute atomic E-state index is 0.263. The normalized spacial score (nSPS) is 20.0. The molecular formula is C27H26F3N5. The van der Waals surface area contributed by atoms with Crippen molar-refractivity contribution >= 4 is 0 Å². The Bertz CT molecular complexity index is 1340. The maximum absolute atomic E-state index is 15.0. The molecule has 2 aromatic heterocycles. The van der Waals surface area contributed by atoms with E-state index in [9.17, 15) is 8.78 Å². The molecule has 0 spiro atoms. The van der Waals surface area contributed by atoms with E-state index in [1.54, 1.807) is 24.5 Å². The van der Waals surface area contributed by atoms with Crippen LogP contribution in [0.1, 0.15) is 55.7 Å². The van der Waals surface area contributed by atoms with E-state index in [4.69, 9.17) is 0 Å². The number of benzene rings is 2. The predicted octanol–water partition coefficient (Wildman–Crippen LogP) is 6.60. The molecule has 0 amide bonds. The van der Waals surface area contributed by atoms with Crippen molar-refractivity contribution in [2.45, 2.75) is 50.0 Å². The third-order valence-electron chi connectivity index (χ3n) is 7.16. The lowest BCUT2D eigenvalue weighted by molar-refractivity contribution is 0.0208. The highest BCUT2D eigenvalue weighted by Crippen LogP contribution is 2.35. The van der Waals surface area contributed by atoms with Gasteiger partial charge in [0.25, 0.3) is 5.92 Å². The minimum Gasteiger partial charge on any atom is -0.342 e. The van der Waals surface area contributed by atoms with Crippen LogP contribution in [0.3, 0.4) is 0 Å². The standard InChI is InChI=1S/C27H26F3N5/c28-21-11-19(9-10-20(21)24-14-31-25(35-24)18-3-1-2-4-18)16-5-7-17(8-6-16)23-13-32-26(34-23)22-12-27(29,30)15-33-22/h5-11,13-14,18,22,33H,1-4,12,15H2,(H,31,35)(H,32,34)/t22-/m0/s1. The summed E-state index contributed by atoms with van der Waals surface area (Å²) in [6, 6.07) is 12.4. The molecule has 1 aliphatic carbocycles. The monoisotopic (exact) mass is 477 g/mol. The molecule has 1 saturated carbocycles. The Morgan fingerprint density at radius 3 is 2.17 bits per heavy atom. The highest BCUT2D eigenvalue weighted by molar-refractivity contribution is 5.72. The summed E-state index contributed by atoms with van der Waals surface area (Å²) in [5.74, 6) is -1.09. The van der Waals surface area contributed by atoms with E-state index in [0.717, 1.165) is 41.1 Å². The molecule has 2 aromatic carbocycles. The quantitative estimate of drug-likeness (QED) is 0.303. The van der Waals surface area contributed by atoms with Crippen LogP contribution in [0.4, 0.5) is 13.2 Å². The van der Waals surface area contributed by atoms with Gasteiger partial charge in [0, 0.05) is 17.9 Å². The van der Waals surface area contributed by atoms with Crippen molar-refractivity contribution in [3.8, 4) is 33.6 Å². The molecule has 4 aromatic rings. The van der Waals surface area contributed by atoms with Gasteiger partial charge in [-0.05, 0) is 41.7 Å². The van der Waals surface area contributed by atoms with Crippen LogP contribution in [-0.2, 0) is 0 Å². The average molecular weight is 478 g/mol. The zero-order valence-corrected chi connectivity index (χ0v) is 19.1. The molecule has 5 nitrogen and oxygen atoms in total. The van der Waals surface area contributed by atoms with Gasteiger partial charge in [0.05, 0.1) is 36.4 Å². The van der Waals surface area contributed by atoms with Gasteiger partial charge in [-0.1, -0.05) is 43.2 Å². The van der Waals surface area contributed by atoms with Crippen LogP contribution in [0.15, 0.2) is 54.9 Å². The van der Waals surface area contributed by atoms with Crippen LogP contribution in [-0.4, -0.2) is 32.4 Å². The predicted molar refractivity (Wildman–Crippen MR) is 129 cm³/mol. The van der Waals surface area contributed by atoms with Crippen molar-refractivity contribution in [3.63, 3.8) is 0 Å². The SMILES string of the molecule is Fc1cc(-c2ccc(-c3cnc([C@@H]4CC(F)(F)CN4)[nH]3)cc2)ccc1-c1cnc(C2CCCC2)[nH]1. The molecule has 3 heterocycles. The first-order chi connectivity index (χ1) is 16.9. The summed E-state index contributed by atoms with van der Waals surface area (Å²) in [5, 5.41) is 2.81. The minimum atomic E-state index is -2.71. The molecule has 2 aliphatic rings. The average Bonchev–Trinajstić information content (AvgIpc) is 3.65. The number of halogens is 3. The molecule has 6 rings (SSSR count). The molecular weight excluding hydrogens is 451 g/mol. The van der Waals surface area contributed by atoms with Crippen molar-refractivity contribution in [2.24, 2.45) is 0 Å². The third-order valence-corrected chi connectivity index (χ3v) is 7.16. The molecule has 0 radical (unpaired) electrons. The largest absolute Gasteiger partial charge is 0.342 e. The van der Waals surface area contributed by atoms with Gasteiger partial charge < -0.3 is 15.3 Å². The van der Waals surface area contributed by atoms with Gasteiger partial charge >= 0.3 is 0 Å². The lowest BCUT2D eigenvalue weighted by Crippen LogP contribution is -2.19. The van der Waals surface area contributed by atoms with Crippen LogP contribution >= 0.6 is 0 Å². The van der Waals surface area contributed by atoms with Gasteiger partial charge in [-0.3, -0.25) is 0 Å². The molecule has 1 saturated heterocycles. The molecule has 8 heteroatoms. The van der Waals surface area contributed by atoms with Gasteiger partial charge in [0.2, 0.25) is 0 Å². The Kier molecular flexibility index (Phi) is 5.48. The van der Waals surface area contributed by atoms with Crippen molar-refractivity contribution in [1.29, 1.82) is 0 Å². The van der Waals surface area contributed by atoms with E-state index in [-0.39, 0.29) is 18.8 Å². The van der Waals surface area contributed by atoms with E-state index < -0.39 is 12.0 Å². The maximum Gasteiger partial charge on any atom is 0.262 e. The summed E-state index contributed by atoms with van der Waals surface area (Å²) in [6.07, 6.45) is 7.83. The Hall–Kier alpha value is -3.39. The number of hydrogen-bond donors (Lipinski definition) is 3. The molecule has 180 valence electrons. The van der Waals surface area contributed by atoms with Gasteiger partial charge in [0.1, 0.15) is 17.5 Å². The maximum atomic E-state index is 15.0. The van der Waals surface area contributed by atoms with E-state index in [2.05, 4.69) is 25.3 Å². The van der Waals surface area contributed by atoms with Gasteiger partial charge in [-0.2, -0.15) is 0 Å². The molecule has 0 bridgehead atoms. The summed E-state index contributed by atoms with van der Waals surface area (Å²) < 4.78 is 42.0. The summed E-state index contributed by atoms with van der Waals surface area (Å²) in [7, 11) is 0. The smallest absolute Gasteiger partial charge is 0.262 e. The summed E-state index contributed by atoms with van der Waals surface area (Å²) in [5.41, 5.74) is 4.51. The Labute approximate surface area is 201 Å².